The molecule has 0 unspecified atom stereocenters. The van der Waals surface area contributed by atoms with Crippen LogP contribution in [-0.2, 0) is 13.0 Å². The molecule has 1 aromatic heterocycles. The van der Waals surface area contributed by atoms with E-state index in [0.717, 1.165) is 17.7 Å². The summed E-state index contributed by atoms with van der Waals surface area (Å²) in [7, 11) is 0. The minimum atomic E-state index is -0.157. The number of urea groups is 1. The number of rotatable bonds is 6. The highest BCUT2D eigenvalue weighted by Crippen LogP contribution is 2.09. The molecule has 3 aromatic rings. The fraction of sp³-hybridized carbons (Fsp3) is 0.158. The van der Waals surface area contributed by atoms with Crippen LogP contribution in [0.2, 0.25) is 0 Å². The number of nitrogens with one attached hydrogen (secondary N) is 2. The second-order valence-electron chi connectivity index (χ2n) is 5.47. The van der Waals surface area contributed by atoms with Crippen molar-refractivity contribution >= 4 is 6.03 Å². The van der Waals surface area contributed by atoms with Crippen LogP contribution in [0.1, 0.15) is 11.1 Å². The third-order valence-electron chi connectivity index (χ3n) is 3.67. The highest BCUT2D eigenvalue weighted by molar-refractivity contribution is 5.73. The van der Waals surface area contributed by atoms with Gasteiger partial charge in [-0.15, -0.1) is 0 Å². The minimum Gasteiger partial charge on any atom is -0.338 e. The Morgan fingerprint density at radius 3 is 2.58 bits per heavy atom. The van der Waals surface area contributed by atoms with Gasteiger partial charge in [-0.3, -0.25) is 0 Å². The first kappa shape index (κ1) is 15.8. The van der Waals surface area contributed by atoms with Crippen molar-refractivity contribution in [2.45, 2.75) is 13.0 Å². The lowest BCUT2D eigenvalue weighted by atomic mass is 10.1. The van der Waals surface area contributed by atoms with E-state index < -0.39 is 0 Å². The van der Waals surface area contributed by atoms with Crippen molar-refractivity contribution in [1.29, 1.82) is 0 Å². The first-order valence-corrected chi connectivity index (χ1v) is 7.96. The van der Waals surface area contributed by atoms with Gasteiger partial charge in [0.05, 0.1) is 5.69 Å². The van der Waals surface area contributed by atoms with Gasteiger partial charge >= 0.3 is 6.03 Å². The molecular weight excluding hydrogens is 300 g/mol. The SMILES string of the molecule is O=C(NCCc1ccccc1)NCc1cccc(-n2cccn2)c1. The molecule has 2 aromatic carbocycles. The average Bonchev–Trinajstić information content (AvgIpc) is 3.16. The van der Waals surface area contributed by atoms with Crippen molar-refractivity contribution in [3.8, 4) is 5.69 Å². The van der Waals surface area contributed by atoms with Crippen LogP contribution in [0.4, 0.5) is 4.79 Å². The zero-order valence-electron chi connectivity index (χ0n) is 13.4. The summed E-state index contributed by atoms with van der Waals surface area (Å²) in [5.41, 5.74) is 3.22. The van der Waals surface area contributed by atoms with Crippen LogP contribution < -0.4 is 10.6 Å². The summed E-state index contributed by atoms with van der Waals surface area (Å²) in [6.07, 6.45) is 4.46. The Balaban J connectivity index is 1.45. The number of carbonyl (C=O) groups excluding carboxylic acids is 1. The van der Waals surface area contributed by atoms with Crippen LogP contribution >= 0.6 is 0 Å². The molecule has 24 heavy (non-hydrogen) atoms. The zero-order valence-corrected chi connectivity index (χ0v) is 13.4. The molecule has 0 spiro atoms. The van der Waals surface area contributed by atoms with Gasteiger partial charge in [0, 0.05) is 25.5 Å². The van der Waals surface area contributed by atoms with Crippen LogP contribution in [-0.4, -0.2) is 22.4 Å². The lowest BCUT2D eigenvalue weighted by molar-refractivity contribution is 0.240. The van der Waals surface area contributed by atoms with Crippen molar-refractivity contribution in [3.63, 3.8) is 0 Å². The maximum Gasteiger partial charge on any atom is 0.315 e. The van der Waals surface area contributed by atoms with Crippen molar-refractivity contribution in [3.05, 3.63) is 84.2 Å². The number of carbonyl (C=O) groups is 1. The highest BCUT2D eigenvalue weighted by atomic mass is 16.2. The number of aromatic nitrogens is 2. The average molecular weight is 320 g/mol. The first-order valence-electron chi connectivity index (χ1n) is 7.96. The van der Waals surface area contributed by atoms with E-state index >= 15 is 0 Å². The molecule has 0 saturated heterocycles. The molecule has 2 N–H and O–H groups in total. The minimum absolute atomic E-state index is 0.157. The van der Waals surface area contributed by atoms with Gasteiger partial charge in [-0.2, -0.15) is 5.10 Å². The number of hydrogen-bond acceptors (Lipinski definition) is 2. The van der Waals surface area contributed by atoms with E-state index in [-0.39, 0.29) is 6.03 Å². The molecule has 122 valence electrons. The Kier molecular flexibility index (Phi) is 5.24. The Hall–Kier alpha value is -3.08. The third kappa shape index (κ3) is 4.46. The molecule has 0 fully saturated rings. The van der Waals surface area contributed by atoms with E-state index in [0.29, 0.717) is 13.1 Å². The molecule has 2 amide bonds. The van der Waals surface area contributed by atoms with Gasteiger partial charge in [-0.25, -0.2) is 9.48 Å². The first-order chi connectivity index (χ1) is 11.8. The number of amides is 2. The standard InChI is InChI=1S/C19H20N4O/c24-19(20-12-10-16-6-2-1-3-7-16)21-15-17-8-4-9-18(14-17)23-13-5-11-22-23/h1-9,11,13-14H,10,12,15H2,(H2,20,21,24). The van der Waals surface area contributed by atoms with Crippen molar-refractivity contribution < 1.29 is 4.79 Å². The third-order valence-corrected chi connectivity index (χ3v) is 3.67. The van der Waals surface area contributed by atoms with E-state index in [9.17, 15) is 4.79 Å². The summed E-state index contributed by atoms with van der Waals surface area (Å²) in [6.45, 7) is 1.09. The Bertz CT molecular complexity index is 769. The molecule has 0 radical (unpaired) electrons. The normalized spacial score (nSPS) is 10.3. The molecule has 0 atom stereocenters. The van der Waals surface area contributed by atoms with Gasteiger partial charge in [0.2, 0.25) is 0 Å². The monoisotopic (exact) mass is 320 g/mol. The maximum atomic E-state index is 11.9. The summed E-state index contributed by atoms with van der Waals surface area (Å²) in [4.78, 5) is 11.9. The highest BCUT2D eigenvalue weighted by Gasteiger charge is 2.02. The Morgan fingerprint density at radius 2 is 1.79 bits per heavy atom. The Labute approximate surface area is 141 Å². The second kappa shape index (κ2) is 7.97. The van der Waals surface area contributed by atoms with E-state index in [1.54, 1.807) is 10.9 Å². The predicted octanol–water partition coefficient (Wildman–Crippen LogP) is 2.91. The van der Waals surface area contributed by atoms with Crippen molar-refractivity contribution in [2.24, 2.45) is 0 Å². The van der Waals surface area contributed by atoms with Gasteiger partial charge in [0.15, 0.2) is 0 Å². The fourth-order valence-electron chi connectivity index (χ4n) is 2.44. The van der Waals surface area contributed by atoms with E-state index in [1.165, 1.54) is 5.56 Å². The molecule has 0 bridgehead atoms. The van der Waals surface area contributed by atoms with Crippen molar-refractivity contribution in [2.75, 3.05) is 6.54 Å². The predicted molar refractivity (Wildman–Crippen MR) is 93.9 cm³/mol. The van der Waals surface area contributed by atoms with E-state index in [2.05, 4.69) is 27.9 Å². The molecular formula is C19H20N4O. The topological polar surface area (TPSA) is 59.0 Å². The van der Waals surface area contributed by atoms with Crippen LogP contribution in [0.3, 0.4) is 0 Å². The van der Waals surface area contributed by atoms with Crippen molar-refractivity contribution in [1.82, 2.24) is 20.4 Å². The molecule has 5 nitrogen and oxygen atoms in total. The molecule has 0 aliphatic heterocycles. The van der Waals surface area contributed by atoms with E-state index in [1.807, 2.05) is 54.7 Å². The lowest BCUT2D eigenvalue weighted by Gasteiger charge is -2.09. The van der Waals surface area contributed by atoms with Crippen LogP contribution in [0.25, 0.3) is 5.69 Å². The number of benzene rings is 2. The number of hydrogen-bond donors (Lipinski definition) is 2. The van der Waals surface area contributed by atoms with Crippen LogP contribution in [0, 0.1) is 0 Å². The van der Waals surface area contributed by atoms with Gasteiger partial charge in [0.25, 0.3) is 0 Å². The Morgan fingerprint density at radius 1 is 0.958 bits per heavy atom. The fourth-order valence-corrected chi connectivity index (χ4v) is 2.44. The number of nitrogens with zero attached hydrogens (tertiary/aromatic N) is 2. The lowest BCUT2D eigenvalue weighted by Crippen LogP contribution is -2.36. The zero-order chi connectivity index (χ0) is 16.6. The molecule has 5 heteroatoms. The smallest absolute Gasteiger partial charge is 0.315 e. The van der Waals surface area contributed by atoms with Gasteiger partial charge < -0.3 is 10.6 Å². The van der Waals surface area contributed by atoms with Gasteiger partial charge in [0.1, 0.15) is 0 Å². The van der Waals surface area contributed by atoms with Gasteiger partial charge in [-0.1, -0.05) is 42.5 Å². The maximum absolute atomic E-state index is 11.9. The van der Waals surface area contributed by atoms with Gasteiger partial charge in [-0.05, 0) is 35.7 Å². The molecule has 3 rings (SSSR count). The summed E-state index contributed by atoms with van der Waals surface area (Å²) in [5, 5.41) is 9.96. The van der Waals surface area contributed by atoms with Crippen LogP contribution in [0.15, 0.2) is 73.1 Å². The van der Waals surface area contributed by atoms with Crippen LogP contribution in [0.5, 0.6) is 0 Å². The quantitative estimate of drug-likeness (QED) is 0.734. The molecule has 1 heterocycles. The molecule has 0 aliphatic rings. The second-order valence-corrected chi connectivity index (χ2v) is 5.47. The summed E-state index contributed by atoms with van der Waals surface area (Å²) in [5.74, 6) is 0. The summed E-state index contributed by atoms with van der Waals surface area (Å²) >= 11 is 0. The molecule has 0 saturated carbocycles. The molecule has 0 aliphatic carbocycles. The summed E-state index contributed by atoms with van der Waals surface area (Å²) < 4.78 is 1.80. The van der Waals surface area contributed by atoms with E-state index in [4.69, 9.17) is 0 Å². The largest absolute Gasteiger partial charge is 0.338 e. The summed E-state index contributed by atoms with van der Waals surface area (Å²) in [6, 6.07) is 19.8.